The standard InChI is InChI=1S/C17H20FNO2/c1-13-4-2-3-5-17(13)21-12-16(20)11-19-10-14-6-8-15(18)9-7-14/h2-9,16,19-20H,10-12H2,1H3. The molecule has 0 aliphatic rings. The van der Waals surface area contributed by atoms with E-state index >= 15 is 0 Å². The third kappa shape index (κ3) is 5.17. The summed E-state index contributed by atoms with van der Waals surface area (Å²) < 4.78 is 18.3. The van der Waals surface area contributed by atoms with Crippen LogP contribution in [0.2, 0.25) is 0 Å². The van der Waals surface area contributed by atoms with E-state index in [0.717, 1.165) is 16.9 Å². The molecule has 0 radical (unpaired) electrons. The first-order chi connectivity index (χ1) is 10.1. The minimum absolute atomic E-state index is 0.237. The van der Waals surface area contributed by atoms with Crippen LogP contribution in [0.15, 0.2) is 48.5 Å². The van der Waals surface area contributed by atoms with E-state index in [0.29, 0.717) is 13.1 Å². The molecule has 0 fully saturated rings. The Labute approximate surface area is 124 Å². The first kappa shape index (κ1) is 15.5. The SMILES string of the molecule is Cc1ccccc1OCC(O)CNCc1ccc(F)cc1. The van der Waals surface area contributed by atoms with Gasteiger partial charge in [0.25, 0.3) is 0 Å². The molecule has 0 saturated carbocycles. The maximum Gasteiger partial charge on any atom is 0.123 e. The molecule has 0 heterocycles. The number of hydrogen-bond acceptors (Lipinski definition) is 3. The van der Waals surface area contributed by atoms with E-state index in [1.54, 1.807) is 12.1 Å². The van der Waals surface area contributed by atoms with Crippen molar-refractivity contribution in [2.75, 3.05) is 13.2 Å². The number of hydrogen-bond donors (Lipinski definition) is 2. The molecule has 21 heavy (non-hydrogen) atoms. The Balaban J connectivity index is 1.69. The fourth-order valence-electron chi connectivity index (χ4n) is 1.95. The van der Waals surface area contributed by atoms with Gasteiger partial charge in [-0.2, -0.15) is 0 Å². The number of aliphatic hydroxyl groups excluding tert-OH is 1. The molecule has 2 aromatic carbocycles. The van der Waals surface area contributed by atoms with E-state index in [1.165, 1.54) is 12.1 Å². The van der Waals surface area contributed by atoms with Crippen molar-refractivity contribution in [2.24, 2.45) is 0 Å². The van der Waals surface area contributed by atoms with Crippen LogP contribution in [-0.4, -0.2) is 24.4 Å². The third-order valence-corrected chi connectivity index (χ3v) is 3.15. The number of halogens is 1. The summed E-state index contributed by atoms with van der Waals surface area (Å²) >= 11 is 0. The van der Waals surface area contributed by atoms with Crippen LogP contribution < -0.4 is 10.1 Å². The van der Waals surface area contributed by atoms with Gasteiger partial charge in [-0.3, -0.25) is 0 Å². The number of ether oxygens (including phenoxy) is 1. The molecular weight excluding hydrogens is 269 g/mol. The Hall–Kier alpha value is -1.91. The van der Waals surface area contributed by atoms with Crippen molar-refractivity contribution in [2.45, 2.75) is 19.6 Å². The summed E-state index contributed by atoms with van der Waals surface area (Å²) in [4.78, 5) is 0. The quantitative estimate of drug-likeness (QED) is 0.823. The normalized spacial score (nSPS) is 12.1. The molecule has 4 heteroatoms. The summed E-state index contributed by atoms with van der Waals surface area (Å²) in [5.74, 6) is 0.542. The van der Waals surface area contributed by atoms with Crippen molar-refractivity contribution in [1.82, 2.24) is 5.32 Å². The van der Waals surface area contributed by atoms with Gasteiger partial charge in [0.05, 0.1) is 0 Å². The third-order valence-electron chi connectivity index (χ3n) is 3.15. The summed E-state index contributed by atoms with van der Waals surface area (Å²) in [5, 5.41) is 13.0. The van der Waals surface area contributed by atoms with Crippen LogP contribution >= 0.6 is 0 Å². The van der Waals surface area contributed by atoms with Gasteiger partial charge in [0.1, 0.15) is 24.3 Å². The van der Waals surface area contributed by atoms with Gasteiger partial charge in [-0.15, -0.1) is 0 Å². The van der Waals surface area contributed by atoms with Crippen LogP contribution in [0, 0.1) is 12.7 Å². The van der Waals surface area contributed by atoms with E-state index in [-0.39, 0.29) is 12.4 Å². The van der Waals surface area contributed by atoms with Crippen LogP contribution in [0.1, 0.15) is 11.1 Å². The summed E-state index contributed by atoms with van der Waals surface area (Å²) in [6, 6.07) is 14.0. The topological polar surface area (TPSA) is 41.5 Å². The highest BCUT2D eigenvalue weighted by Gasteiger charge is 2.06. The van der Waals surface area contributed by atoms with Gasteiger partial charge >= 0.3 is 0 Å². The fourth-order valence-corrected chi connectivity index (χ4v) is 1.95. The number of aryl methyl sites for hydroxylation is 1. The minimum atomic E-state index is -0.593. The lowest BCUT2D eigenvalue weighted by atomic mass is 10.2. The molecule has 0 spiro atoms. The number of nitrogens with one attached hydrogen (secondary N) is 1. The second-order valence-electron chi connectivity index (χ2n) is 4.99. The van der Waals surface area contributed by atoms with Crippen LogP contribution in [0.5, 0.6) is 5.75 Å². The number of para-hydroxylation sites is 1. The first-order valence-electron chi connectivity index (χ1n) is 6.97. The van der Waals surface area contributed by atoms with Gasteiger partial charge in [-0.05, 0) is 36.2 Å². The predicted molar refractivity (Wildman–Crippen MR) is 80.8 cm³/mol. The van der Waals surface area contributed by atoms with E-state index < -0.39 is 6.10 Å². The van der Waals surface area contributed by atoms with E-state index in [9.17, 15) is 9.50 Å². The minimum Gasteiger partial charge on any atom is -0.491 e. The maximum atomic E-state index is 12.8. The zero-order valence-electron chi connectivity index (χ0n) is 12.1. The van der Waals surface area contributed by atoms with Crippen molar-refractivity contribution < 1.29 is 14.2 Å². The lowest BCUT2D eigenvalue weighted by Gasteiger charge is -2.14. The summed E-state index contributed by atoms with van der Waals surface area (Å²) in [6.07, 6.45) is -0.593. The zero-order valence-corrected chi connectivity index (χ0v) is 12.1. The first-order valence-corrected chi connectivity index (χ1v) is 6.97. The second-order valence-corrected chi connectivity index (χ2v) is 4.99. The average Bonchev–Trinajstić information content (AvgIpc) is 2.48. The van der Waals surface area contributed by atoms with Crippen molar-refractivity contribution in [1.29, 1.82) is 0 Å². The van der Waals surface area contributed by atoms with Crippen LogP contribution in [0.3, 0.4) is 0 Å². The molecular formula is C17H20FNO2. The van der Waals surface area contributed by atoms with Gasteiger partial charge in [0.2, 0.25) is 0 Å². The summed E-state index contributed by atoms with van der Waals surface area (Å²) in [5.41, 5.74) is 2.02. The maximum absolute atomic E-state index is 12.8. The van der Waals surface area contributed by atoms with E-state index in [4.69, 9.17) is 4.74 Å². The Morgan fingerprint density at radius 3 is 2.57 bits per heavy atom. The fraction of sp³-hybridized carbons (Fsp3) is 0.294. The van der Waals surface area contributed by atoms with Gasteiger partial charge < -0.3 is 15.2 Å². The molecule has 2 N–H and O–H groups in total. The van der Waals surface area contributed by atoms with Crippen molar-refractivity contribution in [3.8, 4) is 5.75 Å². The van der Waals surface area contributed by atoms with Crippen LogP contribution in [0.4, 0.5) is 4.39 Å². The highest BCUT2D eigenvalue weighted by atomic mass is 19.1. The molecule has 2 aromatic rings. The number of aliphatic hydroxyl groups is 1. The average molecular weight is 289 g/mol. The Morgan fingerprint density at radius 2 is 1.86 bits per heavy atom. The smallest absolute Gasteiger partial charge is 0.123 e. The summed E-state index contributed by atoms with van der Waals surface area (Å²) in [6.45, 7) is 3.21. The molecule has 1 atom stereocenters. The Kier molecular flexibility index (Phi) is 5.72. The van der Waals surface area contributed by atoms with Crippen molar-refractivity contribution >= 4 is 0 Å². The van der Waals surface area contributed by atoms with E-state index in [2.05, 4.69) is 5.32 Å². The molecule has 2 rings (SSSR count). The molecule has 3 nitrogen and oxygen atoms in total. The number of rotatable bonds is 7. The molecule has 112 valence electrons. The zero-order chi connectivity index (χ0) is 15.1. The molecule has 0 aliphatic heterocycles. The molecule has 0 aromatic heterocycles. The second kappa shape index (κ2) is 7.76. The van der Waals surface area contributed by atoms with Gasteiger partial charge in [-0.1, -0.05) is 30.3 Å². The van der Waals surface area contributed by atoms with Crippen molar-refractivity contribution in [3.05, 3.63) is 65.5 Å². The Bertz CT molecular complexity index is 557. The van der Waals surface area contributed by atoms with Crippen LogP contribution in [-0.2, 0) is 6.54 Å². The van der Waals surface area contributed by atoms with Crippen LogP contribution in [0.25, 0.3) is 0 Å². The largest absolute Gasteiger partial charge is 0.491 e. The highest BCUT2D eigenvalue weighted by Crippen LogP contribution is 2.16. The Morgan fingerprint density at radius 1 is 1.14 bits per heavy atom. The van der Waals surface area contributed by atoms with Gasteiger partial charge in [0.15, 0.2) is 0 Å². The molecule has 0 bridgehead atoms. The highest BCUT2D eigenvalue weighted by molar-refractivity contribution is 5.31. The van der Waals surface area contributed by atoms with E-state index in [1.807, 2.05) is 31.2 Å². The lowest BCUT2D eigenvalue weighted by molar-refractivity contribution is 0.106. The van der Waals surface area contributed by atoms with Crippen molar-refractivity contribution in [3.63, 3.8) is 0 Å². The molecule has 0 amide bonds. The molecule has 1 unspecified atom stereocenters. The van der Waals surface area contributed by atoms with Gasteiger partial charge in [-0.25, -0.2) is 4.39 Å². The van der Waals surface area contributed by atoms with Gasteiger partial charge in [0, 0.05) is 13.1 Å². The lowest BCUT2D eigenvalue weighted by Crippen LogP contribution is -2.31. The monoisotopic (exact) mass is 289 g/mol. The molecule has 0 aliphatic carbocycles. The molecule has 0 saturated heterocycles. The predicted octanol–water partition coefficient (Wildman–Crippen LogP) is 2.66. The summed E-state index contributed by atoms with van der Waals surface area (Å²) in [7, 11) is 0. The number of benzene rings is 2.